The largest absolute Gasteiger partial charge is 0.460 e. The topological polar surface area (TPSA) is 84.0 Å². The SMILES string of the molecule is CC(C)COC(=O)C(=O)C1CCCN1C(=O)CCC(=O)N(C)Cc1ccccc1. The summed E-state index contributed by atoms with van der Waals surface area (Å²) in [4.78, 5) is 52.3. The quantitative estimate of drug-likeness (QED) is 0.467. The number of hydrogen-bond donors (Lipinski definition) is 0. The van der Waals surface area contributed by atoms with Crippen LogP contribution in [0.2, 0.25) is 0 Å². The van der Waals surface area contributed by atoms with Crippen LogP contribution in [0.4, 0.5) is 0 Å². The number of carbonyl (C=O) groups is 4. The van der Waals surface area contributed by atoms with Crippen molar-refractivity contribution in [1.29, 1.82) is 0 Å². The fourth-order valence-electron chi connectivity index (χ4n) is 3.28. The number of amides is 2. The molecule has 0 aliphatic carbocycles. The average Bonchev–Trinajstić information content (AvgIpc) is 3.19. The van der Waals surface area contributed by atoms with Crippen LogP contribution in [0.5, 0.6) is 0 Å². The summed E-state index contributed by atoms with van der Waals surface area (Å²) in [6.07, 6.45) is 1.19. The Balaban J connectivity index is 1.84. The van der Waals surface area contributed by atoms with E-state index in [0.29, 0.717) is 25.9 Å². The minimum absolute atomic E-state index is 0.0167. The van der Waals surface area contributed by atoms with Crippen molar-refractivity contribution in [2.24, 2.45) is 5.92 Å². The molecule has 7 heteroatoms. The van der Waals surface area contributed by atoms with Gasteiger partial charge in [0.1, 0.15) is 6.04 Å². The maximum Gasteiger partial charge on any atom is 0.376 e. The van der Waals surface area contributed by atoms with E-state index in [9.17, 15) is 19.2 Å². The zero-order valence-corrected chi connectivity index (χ0v) is 17.4. The van der Waals surface area contributed by atoms with Crippen molar-refractivity contribution in [3.8, 4) is 0 Å². The molecule has 0 bridgehead atoms. The number of carbonyl (C=O) groups excluding carboxylic acids is 4. The van der Waals surface area contributed by atoms with E-state index in [4.69, 9.17) is 4.74 Å². The molecular formula is C22H30N2O5. The van der Waals surface area contributed by atoms with Crippen LogP contribution in [-0.4, -0.2) is 59.6 Å². The molecule has 1 aromatic rings. The highest BCUT2D eigenvalue weighted by Crippen LogP contribution is 2.20. The number of ketones is 1. The number of benzene rings is 1. The summed E-state index contributed by atoms with van der Waals surface area (Å²) in [6, 6.07) is 8.83. The first-order valence-corrected chi connectivity index (χ1v) is 10.1. The fourth-order valence-corrected chi connectivity index (χ4v) is 3.28. The van der Waals surface area contributed by atoms with Gasteiger partial charge in [0, 0.05) is 33.0 Å². The van der Waals surface area contributed by atoms with Gasteiger partial charge in [0.25, 0.3) is 5.78 Å². The minimum Gasteiger partial charge on any atom is -0.460 e. The van der Waals surface area contributed by atoms with E-state index in [0.717, 1.165) is 5.56 Å². The zero-order valence-electron chi connectivity index (χ0n) is 17.4. The lowest BCUT2D eigenvalue weighted by Crippen LogP contribution is -2.44. The molecule has 1 aromatic carbocycles. The third-order valence-electron chi connectivity index (χ3n) is 4.87. The summed E-state index contributed by atoms with van der Waals surface area (Å²) in [5.41, 5.74) is 1.01. The van der Waals surface area contributed by atoms with Crippen molar-refractivity contribution in [3.05, 3.63) is 35.9 Å². The van der Waals surface area contributed by atoms with Crippen LogP contribution in [0.15, 0.2) is 30.3 Å². The maximum absolute atomic E-state index is 12.6. The van der Waals surface area contributed by atoms with E-state index in [1.54, 1.807) is 11.9 Å². The molecule has 29 heavy (non-hydrogen) atoms. The van der Waals surface area contributed by atoms with Crippen LogP contribution in [0.1, 0.15) is 45.1 Å². The normalized spacial score (nSPS) is 16.0. The number of Topliss-reactive ketones (excluding diaryl/α,β-unsaturated/α-hetero) is 1. The van der Waals surface area contributed by atoms with Gasteiger partial charge in [0.05, 0.1) is 6.61 Å². The second-order valence-electron chi connectivity index (χ2n) is 7.84. The van der Waals surface area contributed by atoms with E-state index in [-0.39, 0.29) is 37.2 Å². The Hall–Kier alpha value is -2.70. The summed E-state index contributed by atoms with van der Waals surface area (Å²) in [6.45, 7) is 4.83. The molecule has 2 amide bonds. The molecule has 1 heterocycles. The third-order valence-corrected chi connectivity index (χ3v) is 4.87. The molecule has 1 aliphatic rings. The Labute approximate surface area is 172 Å². The third kappa shape index (κ3) is 6.69. The van der Waals surface area contributed by atoms with E-state index in [1.165, 1.54) is 4.90 Å². The molecule has 1 atom stereocenters. The molecule has 1 fully saturated rings. The smallest absolute Gasteiger partial charge is 0.376 e. The molecule has 0 aromatic heterocycles. The summed E-state index contributed by atoms with van der Waals surface area (Å²) in [7, 11) is 1.70. The Kier molecular flexibility index (Phi) is 8.36. The van der Waals surface area contributed by atoms with Crippen LogP contribution >= 0.6 is 0 Å². The van der Waals surface area contributed by atoms with Crippen molar-refractivity contribution in [2.75, 3.05) is 20.2 Å². The van der Waals surface area contributed by atoms with Crippen LogP contribution in [0.25, 0.3) is 0 Å². The number of hydrogen-bond acceptors (Lipinski definition) is 5. The lowest BCUT2D eigenvalue weighted by Gasteiger charge is -2.24. The van der Waals surface area contributed by atoms with Gasteiger partial charge in [-0.15, -0.1) is 0 Å². The monoisotopic (exact) mass is 402 g/mol. The molecule has 1 unspecified atom stereocenters. The van der Waals surface area contributed by atoms with Gasteiger partial charge in [-0.2, -0.15) is 0 Å². The fraction of sp³-hybridized carbons (Fsp3) is 0.545. The average molecular weight is 402 g/mol. The van der Waals surface area contributed by atoms with Crippen LogP contribution in [-0.2, 0) is 30.5 Å². The number of likely N-dealkylation sites (tertiary alicyclic amines) is 1. The predicted octanol–water partition coefficient (Wildman–Crippen LogP) is 2.18. The number of nitrogens with zero attached hydrogens (tertiary/aromatic N) is 2. The van der Waals surface area contributed by atoms with Gasteiger partial charge < -0.3 is 14.5 Å². The molecule has 1 aliphatic heterocycles. The van der Waals surface area contributed by atoms with Crippen LogP contribution in [0, 0.1) is 5.92 Å². The first-order chi connectivity index (χ1) is 13.8. The lowest BCUT2D eigenvalue weighted by molar-refractivity contribution is -0.157. The lowest BCUT2D eigenvalue weighted by atomic mass is 10.1. The summed E-state index contributed by atoms with van der Waals surface area (Å²) < 4.78 is 5.00. The van der Waals surface area contributed by atoms with Crippen molar-refractivity contribution >= 4 is 23.6 Å². The van der Waals surface area contributed by atoms with Crippen LogP contribution < -0.4 is 0 Å². The molecule has 0 N–H and O–H groups in total. The van der Waals surface area contributed by atoms with Gasteiger partial charge in [-0.05, 0) is 24.3 Å². The van der Waals surface area contributed by atoms with Gasteiger partial charge in [-0.1, -0.05) is 44.2 Å². The van der Waals surface area contributed by atoms with Gasteiger partial charge in [-0.3, -0.25) is 14.4 Å². The molecule has 158 valence electrons. The molecule has 0 spiro atoms. The Morgan fingerprint density at radius 2 is 1.83 bits per heavy atom. The summed E-state index contributed by atoms with van der Waals surface area (Å²) in [5.74, 6) is -1.85. The molecule has 0 saturated carbocycles. The van der Waals surface area contributed by atoms with Gasteiger partial charge in [0.2, 0.25) is 11.8 Å². The highest BCUT2D eigenvalue weighted by atomic mass is 16.5. The first-order valence-electron chi connectivity index (χ1n) is 10.1. The van der Waals surface area contributed by atoms with Crippen molar-refractivity contribution < 1.29 is 23.9 Å². The van der Waals surface area contributed by atoms with Gasteiger partial charge in [-0.25, -0.2) is 4.79 Å². The standard InChI is InChI=1S/C22H30N2O5/c1-16(2)15-29-22(28)21(27)18-10-7-13-24(18)20(26)12-11-19(25)23(3)14-17-8-5-4-6-9-17/h4-6,8-9,16,18H,7,10-15H2,1-3H3. The highest BCUT2D eigenvalue weighted by molar-refractivity contribution is 6.36. The molecule has 1 saturated heterocycles. The van der Waals surface area contributed by atoms with E-state index < -0.39 is 17.8 Å². The molecule has 7 nitrogen and oxygen atoms in total. The highest BCUT2D eigenvalue weighted by Gasteiger charge is 2.38. The zero-order chi connectivity index (χ0) is 21.4. The number of ether oxygens (including phenoxy) is 1. The molecule has 2 rings (SSSR count). The summed E-state index contributed by atoms with van der Waals surface area (Å²) >= 11 is 0. The number of rotatable bonds is 9. The first kappa shape index (κ1) is 22.6. The maximum atomic E-state index is 12.6. The number of esters is 1. The van der Waals surface area contributed by atoms with Gasteiger partial charge >= 0.3 is 5.97 Å². The van der Waals surface area contributed by atoms with E-state index in [2.05, 4.69) is 0 Å². The van der Waals surface area contributed by atoms with E-state index in [1.807, 2.05) is 44.2 Å². The van der Waals surface area contributed by atoms with Crippen molar-refractivity contribution in [1.82, 2.24) is 9.80 Å². The second-order valence-corrected chi connectivity index (χ2v) is 7.84. The Morgan fingerprint density at radius 1 is 1.14 bits per heavy atom. The van der Waals surface area contributed by atoms with Gasteiger partial charge in [0.15, 0.2) is 0 Å². The van der Waals surface area contributed by atoms with Crippen molar-refractivity contribution in [2.45, 2.75) is 52.1 Å². The Morgan fingerprint density at radius 3 is 2.48 bits per heavy atom. The minimum atomic E-state index is -0.887. The Bertz CT molecular complexity index is 732. The summed E-state index contributed by atoms with van der Waals surface area (Å²) in [5, 5.41) is 0. The molecule has 0 radical (unpaired) electrons. The van der Waals surface area contributed by atoms with E-state index >= 15 is 0 Å². The van der Waals surface area contributed by atoms with Crippen LogP contribution in [0.3, 0.4) is 0 Å². The molecular weight excluding hydrogens is 372 g/mol. The van der Waals surface area contributed by atoms with Crippen molar-refractivity contribution in [3.63, 3.8) is 0 Å². The second kappa shape index (κ2) is 10.7. The predicted molar refractivity (Wildman–Crippen MR) is 108 cm³/mol.